The third-order valence-electron chi connectivity index (χ3n) is 1.85. The second kappa shape index (κ2) is 4.13. The van der Waals surface area contributed by atoms with Gasteiger partial charge in [0.1, 0.15) is 0 Å². The van der Waals surface area contributed by atoms with E-state index < -0.39 is 0 Å². The summed E-state index contributed by atoms with van der Waals surface area (Å²) in [5, 5.41) is 1.39. The first kappa shape index (κ1) is 9.85. The molecule has 0 saturated carbocycles. The van der Waals surface area contributed by atoms with Gasteiger partial charge in [-0.1, -0.05) is 36.2 Å². The third kappa shape index (κ3) is 1.92. The third-order valence-corrected chi connectivity index (χ3v) is 2.51. The molecule has 0 radical (unpaired) electrons. The normalized spacial score (nSPS) is 13.0. The number of benzene rings is 1. The Kier molecular flexibility index (Phi) is 3.39. The minimum atomic E-state index is 0.214. The van der Waals surface area contributed by atoms with Crippen LogP contribution in [-0.2, 0) is 0 Å². The van der Waals surface area contributed by atoms with Gasteiger partial charge in [-0.25, -0.2) is 0 Å². The summed E-state index contributed by atoms with van der Waals surface area (Å²) >= 11 is 11.9. The fourth-order valence-electron chi connectivity index (χ4n) is 1.10. The average molecular weight is 204 g/mol. The van der Waals surface area contributed by atoms with E-state index in [1.165, 1.54) is 0 Å². The fraction of sp³-hybridized carbons (Fsp3) is 0.333. The highest BCUT2D eigenvalue weighted by Gasteiger charge is 2.11. The predicted molar refractivity (Wildman–Crippen MR) is 53.9 cm³/mol. The van der Waals surface area contributed by atoms with Crippen LogP contribution in [0.15, 0.2) is 18.2 Å². The van der Waals surface area contributed by atoms with Crippen molar-refractivity contribution < 1.29 is 0 Å². The molecule has 1 atom stereocenters. The zero-order chi connectivity index (χ0) is 9.14. The number of hydrogen-bond donors (Lipinski definition) is 1. The summed E-state index contributed by atoms with van der Waals surface area (Å²) < 4.78 is 0. The van der Waals surface area contributed by atoms with Crippen molar-refractivity contribution in [2.24, 2.45) is 5.73 Å². The molecule has 1 nitrogen and oxygen atoms in total. The second-order valence-electron chi connectivity index (χ2n) is 2.77. The van der Waals surface area contributed by atoms with Crippen LogP contribution in [0.4, 0.5) is 0 Å². The molecule has 1 aromatic carbocycles. The van der Waals surface area contributed by atoms with Crippen molar-refractivity contribution in [1.29, 1.82) is 0 Å². The Balaban J connectivity index is 3.12. The van der Waals surface area contributed by atoms with Crippen LogP contribution in [0.5, 0.6) is 0 Å². The average Bonchev–Trinajstić information content (AvgIpc) is 2.03. The largest absolute Gasteiger partial charge is 0.330 e. The highest BCUT2D eigenvalue weighted by Crippen LogP contribution is 2.30. The van der Waals surface area contributed by atoms with E-state index in [2.05, 4.69) is 0 Å². The van der Waals surface area contributed by atoms with Crippen molar-refractivity contribution in [1.82, 2.24) is 0 Å². The predicted octanol–water partition coefficient (Wildman–Crippen LogP) is 3.06. The fourth-order valence-corrected chi connectivity index (χ4v) is 1.87. The zero-order valence-electron chi connectivity index (χ0n) is 6.85. The van der Waals surface area contributed by atoms with E-state index in [9.17, 15) is 0 Å². The number of hydrogen-bond acceptors (Lipinski definition) is 1. The lowest BCUT2D eigenvalue weighted by Gasteiger charge is -2.12. The molecule has 0 aliphatic heterocycles. The van der Waals surface area contributed by atoms with Crippen LogP contribution in [0.1, 0.15) is 18.4 Å². The Morgan fingerprint density at radius 2 is 1.83 bits per heavy atom. The van der Waals surface area contributed by atoms with Gasteiger partial charge in [-0.05, 0) is 30.2 Å². The molecular weight excluding hydrogens is 193 g/mol. The Hall–Kier alpha value is -0.240. The first-order chi connectivity index (χ1) is 5.66. The SMILES string of the molecule is C[C@H](CN)c1c(Cl)cccc1Cl. The van der Waals surface area contributed by atoms with Gasteiger partial charge in [-0.3, -0.25) is 0 Å². The van der Waals surface area contributed by atoms with E-state index in [1.807, 2.05) is 25.1 Å². The molecule has 0 heterocycles. The maximum absolute atomic E-state index is 5.96. The Morgan fingerprint density at radius 1 is 1.33 bits per heavy atom. The molecule has 2 N–H and O–H groups in total. The van der Waals surface area contributed by atoms with Gasteiger partial charge in [0.2, 0.25) is 0 Å². The topological polar surface area (TPSA) is 26.0 Å². The van der Waals surface area contributed by atoms with Crippen LogP contribution in [0.2, 0.25) is 10.0 Å². The van der Waals surface area contributed by atoms with Gasteiger partial charge in [0.25, 0.3) is 0 Å². The van der Waals surface area contributed by atoms with E-state index in [0.717, 1.165) is 5.56 Å². The molecule has 0 aromatic heterocycles. The molecule has 3 heteroatoms. The lowest BCUT2D eigenvalue weighted by molar-refractivity contribution is 0.774. The molecule has 0 bridgehead atoms. The molecule has 1 aromatic rings. The lowest BCUT2D eigenvalue weighted by Crippen LogP contribution is -2.09. The van der Waals surface area contributed by atoms with Gasteiger partial charge >= 0.3 is 0 Å². The highest BCUT2D eigenvalue weighted by molar-refractivity contribution is 6.36. The maximum Gasteiger partial charge on any atom is 0.0456 e. The van der Waals surface area contributed by atoms with E-state index >= 15 is 0 Å². The van der Waals surface area contributed by atoms with E-state index in [0.29, 0.717) is 16.6 Å². The molecule has 1 rings (SSSR count). The molecule has 12 heavy (non-hydrogen) atoms. The van der Waals surface area contributed by atoms with Crippen LogP contribution in [0, 0.1) is 0 Å². The van der Waals surface area contributed by atoms with Gasteiger partial charge in [-0.2, -0.15) is 0 Å². The van der Waals surface area contributed by atoms with Crippen molar-refractivity contribution in [3.05, 3.63) is 33.8 Å². The minimum absolute atomic E-state index is 0.214. The first-order valence-electron chi connectivity index (χ1n) is 3.80. The lowest BCUT2D eigenvalue weighted by atomic mass is 10.0. The van der Waals surface area contributed by atoms with Crippen LogP contribution in [0.3, 0.4) is 0 Å². The summed E-state index contributed by atoms with van der Waals surface area (Å²) in [6, 6.07) is 5.49. The Morgan fingerprint density at radius 3 is 2.25 bits per heavy atom. The summed E-state index contributed by atoms with van der Waals surface area (Å²) in [5.74, 6) is 0.214. The summed E-state index contributed by atoms with van der Waals surface area (Å²) in [6.45, 7) is 2.57. The van der Waals surface area contributed by atoms with Crippen molar-refractivity contribution in [2.45, 2.75) is 12.8 Å². The van der Waals surface area contributed by atoms with Gasteiger partial charge in [0.15, 0.2) is 0 Å². The van der Waals surface area contributed by atoms with E-state index in [1.54, 1.807) is 0 Å². The van der Waals surface area contributed by atoms with Crippen LogP contribution < -0.4 is 5.73 Å². The number of nitrogens with two attached hydrogens (primary N) is 1. The molecule has 0 unspecified atom stereocenters. The standard InChI is InChI=1S/C9H11Cl2N/c1-6(5-12)9-7(10)3-2-4-8(9)11/h2-4,6H,5,12H2,1H3/t6-/m1/s1. The van der Waals surface area contributed by atoms with Crippen LogP contribution in [0.25, 0.3) is 0 Å². The molecular formula is C9H11Cl2N. The zero-order valence-corrected chi connectivity index (χ0v) is 8.36. The molecule has 0 saturated heterocycles. The van der Waals surface area contributed by atoms with E-state index in [-0.39, 0.29) is 5.92 Å². The minimum Gasteiger partial charge on any atom is -0.330 e. The molecule has 0 aliphatic rings. The Labute approximate surface area is 82.5 Å². The van der Waals surface area contributed by atoms with Crippen molar-refractivity contribution in [2.75, 3.05) is 6.54 Å². The smallest absolute Gasteiger partial charge is 0.0456 e. The van der Waals surface area contributed by atoms with E-state index in [4.69, 9.17) is 28.9 Å². The quantitative estimate of drug-likeness (QED) is 0.787. The number of rotatable bonds is 2. The summed E-state index contributed by atoms with van der Waals surface area (Å²) in [4.78, 5) is 0. The molecule has 0 spiro atoms. The van der Waals surface area contributed by atoms with Crippen molar-refractivity contribution in [3.8, 4) is 0 Å². The van der Waals surface area contributed by atoms with Gasteiger partial charge in [0.05, 0.1) is 0 Å². The van der Waals surface area contributed by atoms with Gasteiger partial charge in [-0.15, -0.1) is 0 Å². The van der Waals surface area contributed by atoms with Crippen LogP contribution in [-0.4, -0.2) is 6.54 Å². The van der Waals surface area contributed by atoms with Crippen molar-refractivity contribution >= 4 is 23.2 Å². The molecule has 0 aliphatic carbocycles. The molecule has 0 fully saturated rings. The summed E-state index contributed by atoms with van der Waals surface area (Å²) in [5.41, 5.74) is 6.47. The number of halogens is 2. The van der Waals surface area contributed by atoms with Gasteiger partial charge in [0, 0.05) is 10.0 Å². The molecule has 66 valence electrons. The first-order valence-corrected chi connectivity index (χ1v) is 4.56. The van der Waals surface area contributed by atoms with Gasteiger partial charge < -0.3 is 5.73 Å². The molecule has 0 amide bonds. The monoisotopic (exact) mass is 203 g/mol. The highest BCUT2D eigenvalue weighted by atomic mass is 35.5. The second-order valence-corrected chi connectivity index (χ2v) is 3.59. The maximum atomic E-state index is 5.96. The Bertz CT molecular complexity index is 253. The summed E-state index contributed by atoms with van der Waals surface area (Å²) in [6.07, 6.45) is 0. The summed E-state index contributed by atoms with van der Waals surface area (Å²) in [7, 11) is 0. The van der Waals surface area contributed by atoms with Crippen molar-refractivity contribution in [3.63, 3.8) is 0 Å². The van der Waals surface area contributed by atoms with Crippen LogP contribution >= 0.6 is 23.2 Å².